The second kappa shape index (κ2) is 8.08. The average Bonchev–Trinajstić information content (AvgIpc) is 2.29. The molecule has 0 radical (unpaired) electrons. The maximum atomic E-state index is 5.40. The summed E-state index contributed by atoms with van der Waals surface area (Å²) >= 11 is 0. The molecule has 1 heterocycles. The molecule has 0 spiro atoms. The van der Waals surface area contributed by atoms with Crippen molar-refractivity contribution >= 4 is 0 Å². The van der Waals surface area contributed by atoms with Gasteiger partial charge >= 0.3 is 0 Å². The summed E-state index contributed by atoms with van der Waals surface area (Å²) in [5, 5.41) is 3.47. The monoisotopic (exact) mass is 214 g/mol. The predicted molar refractivity (Wildman–Crippen MR) is 64.2 cm³/mol. The van der Waals surface area contributed by atoms with Crippen molar-refractivity contribution < 1.29 is 4.74 Å². The number of rotatable bonds is 7. The van der Waals surface area contributed by atoms with E-state index in [0.717, 1.165) is 32.2 Å². The number of ether oxygens (including phenoxy) is 1. The van der Waals surface area contributed by atoms with E-state index in [-0.39, 0.29) is 0 Å². The minimum absolute atomic E-state index is 0.836. The van der Waals surface area contributed by atoms with Gasteiger partial charge in [0.25, 0.3) is 0 Å². The first kappa shape index (κ1) is 12.9. The lowest BCUT2D eigenvalue weighted by atomic mass is 9.99. The minimum Gasteiger partial charge on any atom is -0.380 e. The molecule has 0 amide bonds. The van der Waals surface area contributed by atoms with E-state index < -0.39 is 0 Å². The standard InChI is InChI=1S/C12H26N2O/c1-3-14(8-9-15-4-2)11-12-6-5-7-13-10-12/h12-13H,3-11H2,1-2H3. The molecule has 1 aliphatic heterocycles. The average molecular weight is 214 g/mol. The molecule has 15 heavy (non-hydrogen) atoms. The third-order valence-electron chi connectivity index (χ3n) is 3.12. The molecule has 1 atom stereocenters. The van der Waals surface area contributed by atoms with E-state index >= 15 is 0 Å². The summed E-state index contributed by atoms with van der Waals surface area (Å²) in [6.07, 6.45) is 2.73. The molecule has 1 unspecified atom stereocenters. The molecule has 0 aromatic rings. The van der Waals surface area contributed by atoms with Crippen LogP contribution in [0.3, 0.4) is 0 Å². The van der Waals surface area contributed by atoms with Crippen LogP contribution in [-0.2, 0) is 4.74 Å². The maximum absolute atomic E-state index is 5.40. The van der Waals surface area contributed by atoms with E-state index in [4.69, 9.17) is 4.74 Å². The zero-order chi connectivity index (χ0) is 10.9. The van der Waals surface area contributed by atoms with Crippen LogP contribution in [0.1, 0.15) is 26.7 Å². The highest BCUT2D eigenvalue weighted by atomic mass is 16.5. The Bertz CT molecular complexity index is 147. The van der Waals surface area contributed by atoms with E-state index in [1.54, 1.807) is 0 Å². The third-order valence-corrected chi connectivity index (χ3v) is 3.12. The van der Waals surface area contributed by atoms with Gasteiger partial charge in [-0.3, -0.25) is 0 Å². The lowest BCUT2D eigenvalue weighted by molar-refractivity contribution is 0.106. The Morgan fingerprint density at radius 3 is 2.87 bits per heavy atom. The van der Waals surface area contributed by atoms with Crippen LogP contribution < -0.4 is 5.32 Å². The molecule has 1 saturated heterocycles. The topological polar surface area (TPSA) is 24.5 Å². The number of likely N-dealkylation sites (N-methyl/N-ethyl adjacent to an activating group) is 1. The van der Waals surface area contributed by atoms with Gasteiger partial charge in [0.15, 0.2) is 0 Å². The fourth-order valence-corrected chi connectivity index (χ4v) is 2.16. The van der Waals surface area contributed by atoms with Gasteiger partial charge in [0, 0.05) is 19.7 Å². The van der Waals surface area contributed by atoms with Crippen LogP contribution in [0.4, 0.5) is 0 Å². The van der Waals surface area contributed by atoms with Crippen LogP contribution in [0.2, 0.25) is 0 Å². The predicted octanol–water partition coefficient (Wildman–Crippen LogP) is 1.34. The van der Waals surface area contributed by atoms with Gasteiger partial charge in [-0.05, 0) is 45.3 Å². The smallest absolute Gasteiger partial charge is 0.0593 e. The van der Waals surface area contributed by atoms with Gasteiger partial charge in [0.1, 0.15) is 0 Å². The Morgan fingerprint density at radius 1 is 1.40 bits per heavy atom. The number of hydrogen-bond donors (Lipinski definition) is 1. The number of hydrogen-bond acceptors (Lipinski definition) is 3. The number of nitrogens with one attached hydrogen (secondary N) is 1. The normalized spacial score (nSPS) is 22.2. The Morgan fingerprint density at radius 2 is 2.27 bits per heavy atom. The lowest BCUT2D eigenvalue weighted by Gasteiger charge is -2.29. The van der Waals surface area contributed by atoms with Crippen LogP contribution in [0.5, 0.6) is 0 Å². The SMILES string of the molecule is CCOCCN(CC)CC1CCCNC1. The van der Waals surface area contributed by atoms with Crippen molar-refractivity contribution in [3.8, 4) is 0 Å². The van der Waals surface area contributed by atoms with Gasteiger partial charge in [0.2, 0.25) is 0 Å². The van der Waals surface area contributed by atoms with E-state index in [1.807, 2.05) is 0 Å². The van der Waals surface area contributed by atoms with Crippen molar-refractivity contribution in [3.05, 3.63) is 0 Å². The fourth-order valence-electron chi connectivity index (χ4n) is 2.16. The van der Waals surface area contributed by atoms with E-state index in [0.29, 0.717) is 0 Å². The van der Waals surface area contributed by atoms with Gasteiger partial charge in [-0.15, -0.1) is 0 Å². The Kier molecular flexibility index (Phi) is 6.98. The first-order chi connectivity index (χ1) is 7.36. The lowest BCUT2D eigenvalue weighted by Crippen LogP contribution is -2.39. The Balaban J connectivity index is 2.13. The summed E-state index contributed by atoms with van der Waals surface area (Å²) in [6.45, 7) is 11.9. The minimum atomic E-state index is 0.836. The zero-order valence-electron chi connectivity index (χ0n) is 10.3. The highest BCUT2D eigenvalue weighted by Crippen LogP contribution is 2.11. The highest BCUT2D eigenvalue weighted by molar-refractivity contribution is 4.72. The van der Waals surface area contributed by atoms with Crippen LogP contribution in [0.15, 0.2) is 0 Å². The van der Waals surface area contributed by atoms with Crippen LogP contribution in [-0.4, -0.2) is 50.8 Å². The molecule has 3 heteroatoms. The second-order valence-electron chi connectivity index (χ2n) is 4.30. The molecular weight excluding hydrogens is 188 g/mol. The molecular formula is C12H26N2O. The first-order valence-corrected chi connectivity index (χ1v) is 6.37. The second-order valence-corrected chi connectivity index (χ2v) is 4.30. The first-order valence-electron chi connectivity index (χ1n) is 6.37. The van der Waals surface area contributed by atoms with E-state index in [1.165, 1.54) is 32.5 Å². The van der Waals surface area contributed by atoms with Crippen molar-refractivity contribution in [1.82, 2.24) is 10.2 Å². The maximum Gasteiger partial charge on any atom is 0.0593 e. The molecule has 3 nitrogen and oxygen atoms in total. The Hall–Kier alpha value is -0.120. The zero-order valence-corrected chi connectivity index (χ0v) is 10.3. The highest BCUT2D eigenvalue weighted by Gasteiger charge is 2.15. The largest absolute Gasteiger partial charge is 0.380 e. The molecule has 1 fully saturated rings. The molecule has 0 aliphatic carbocycles. The molecule has 90 valence electrons. The molecule has 0 saturated carbocycles. The molecule has 1 rings (SSSR count). The van der Waals surface area contributed by atoms with Gasteiger partial charge in [-0.2, -0.15) is 0 Å². The van der Waals surface area contributed by atoms with Gasteiger partial charge in [0.05, 0.1) is 6.61 Å². The summed E-state index contributed by atoms with van der Waals surface area (Å²) in [5.41, 5.74) is 0. The van der Waals surface area contributed by atoms with Gasteiger partial charge in [-0.25, -0.2) is 0 Å². The van der Waals surface area contributed by atoms with Crippen molar-refractivity contribution in [2.24, 2.45) is 5.92 Å². The van der Waals surface area contributed by atoms with Crippen molar-refractivity contribution in [2.75, 3.05) is 45.9 Å². The molecule has 0 aromatic heterocycles. The van der Waals surface area contributed by atoms with Crippen molar-refractivity contribution in [3.63, 3.8) is 0 Å². The third kappa shape index (κ3) is 5.50. The molecule has 0 aromatic carbocycles. The fraction of sp³-hybridized carbons (Fsp3) is 1.00. The van der Waals surface area contributed by atoms with E-state index in [9.17, 15) is 0 Å². The van der Waals surface area contributed by atoms with Crippen LogP contribution in [0, 0.1) is 5.92 Å². The van der Waals surface area contributed by atoms with Crippen molar-refractivity contribution in [1.29, 1.82) is 0 Å². The summed E-state index contributed by atoms with van der Waals surface area (Å²) in [4.78, 5) is 2.51. The summed E-state index contributed by atoms with van der Waals surface area (Å²) < 4.78 is 5.40. The molecule has 0 bridgehead atoms. The van der Waals surface area contributed by atoms with Crippen molar-refractivity contribution in [2.45, 2.75) is 26.7 Å². The molecule has 1 aliphatic rings. The summed E-state index contributed by atoms with van der Waals surface area (Å²) in [6, 6.07) is 0. The Labute approximate surface area is 94.2 Å². The van der Waals surface area contributed by atoms with Gasteiger partial charge < -0.3 is 15.0 Å². The van der Waals surface area contributed by atoms with E-state index in [2.05, 4.69) is 24.1 Å². The van der Waals surface area contributed by atoms with Gasteiger partial charge in [-0.1, -0.05) is 6.92 Å². The van der Waals surface area contributed by atoms with Crippen LogP contribution >= 0.6 is 0 Å². The summed E-state index contributed by atoms with van der Waals surface area (Å²) in [7, 11) is 0. The summed E-state index contributed by atoms with van der Waals surface area (Å²) in [5.74, 6) is 0.848. The number of nitrogens with zero attached hydrogens (tertiary/aromatic N) is 1. The van der Waals surface area contributed by atoms with Crippen LogP contribution in [0.25, 0.3) is 0 Å². The quantitative estimate of drug-likeness (QED) is 0.647. The number of piperidine rings is 1. The molecule has 1 N–H and O–H groups in total.